The average Bonchev–Trinajstić information content (AvgIpc) is 2.55. The molecular weight excluding hydrogens is 393 g/mol. The number of alkyl halides is 3. The molecule has 0 amide bonds. The third-order valence-electron chi connectivity index (χ3n) is 3.44. The monoisotopic (exact) mass is 408 g/mol. The molecule has 26 heavy (non-hydrogen) atoms. The summed E-state index contributed by atoms with van der Waals surface area (Å²) < 4.78 is 86.3. The predicted octanol–water partition coefficient (Wildman–Crippen LogP) is 2.49. The van der Waals surface area contributed by atoms with Crippen molar-refractivity contribution in [1.82, 2.24) is 9.66 Å². The summed E-state index contributed by atoms with van der Waals surface area (Å²) in [5.41, 5.74) is 0.0332. The molecule has 0 fully saturated rings. The Kier molecular flexibility index (Phi) is 5.47. The maximum Gasteiger partial charge on any atom is 0.416 e. The summed E-state index contributed by atoms with van der Waals surface area (Å²) in [5.74, 6) is 0. The predicted molar refractivity (Wildman–Crippen MR) is 88.0 cm³/mol. The number of halogens is 3. The minimum atomic E-state index is -4.61. The van der Waals surface area contributed by atoms with E-state index in [9.17, 15) is 30.0 Å². The molecule has 2 aromatic carbocycles. The van der Waals surface area contributed by atoms with Gasteiger partial charge < -0.3 is 0 Å². The second kappa shape index (κ2) is 6.99. The highest BCUT2D eigenvalue weighted by Crippen LogP contribution is 2.29. The first-order chi connectivity index (χ1) is 11.8. The molecule has 0 saturated carbocycles. The summed E-state index contributed by atoms with van der Waals surface area (Å²) in [6.45, 7) is 3.21. The van der Waals surface area contributed by atoms with Crippen LogP contribution in [0.25, 0.3) is 0 Å². The lowest BCUT2D eigenvalue weighted by Crippen LogP contribution is -2.41. The second-order valence-corrected chi connectivity index (χ2v) is 8.84. The van der Waals surface area contributed by atoms with Crippen LogP contribution in [-0.4, -0.2) is 16.8 Å². The fraction of sp³-hybridized carbons (Fsp3) is 0.200. The molecule has 0 aliphatic carbocycles. The molecule has 11 heteroatoms. The van der Waals surface area contributed by atoms with E-state index in [1.54, 1.807) is 35.6 Å². The number of hydrogen-bond donors (Lipinski definition) is 2. The lowest BCUT2D eigenvalue weighted by molar-refractivity contribution is -0.137. The van der Waals surface area contributed by atoms with Gasteiger partial charge in [0.15, 0.2) is 0 Å². The van der Waals surface area contributed by atoms with Gasteiger partial charge in [-0.3, -0.25) is 0 Å². The Balaban J connectivity index is 2.23. The highest BCUT2D eigenvalue weighted by molar-refractivity contribution is 7.92. The van der Waals surface area contributed by atoms with Crippen LogP contribution in [0.3, 0.4) is 0 Å². The van der Waals surface area contributed by atoms with Gasteiger partial charge in [-0.1, -0.05) is 12.1 Å². The lowest BCUT2D eigenvalue weighted by Gasteiger charge is -2.12. The van der Waals surface area contributed by atoms with E-state index in [4.69, 9.17) is 0 Å². The minimum absolute atomic E-state index is 0.118. The molecule has 2 aromatic rings. The van der Waals surface area contributed by atoms with Crippen molar-refractivity contribution in [3.8, 4) is 0 Å². The van der Waals surface area contributed by atoms with E-state index in [2.05, 4.69) is 0 Å². The normalized spacial score (nSPS) is 13.0. The summed E-state index contributed by atoms with van der Waals surface area (Å²) >= 11 is 0. The zero-order valence-corrected chi connectivity index (χ0v) is 15.3. The molecule has 0 unspecified atom stereocenters. The van der Waals surface area contributed by atoms with Crippen molar-refractivity contribution < 1.29 is 30.0 Å². The number of benzene rings is 2. The van der Waals surface area contributed by atoms with Gasteiger partial charge in [-0.2, -0.15) is 13.2 Å². The van der Waals surface area contributed by atoms with E-state index in [-0.39, 0.29) is 4.90 Å². The van der Waals surface area contributed by atoms with Crippen molar-refractivity contribution in [3.05, 3.63) is 59.2 Å². The zero-order valence-electron chi connectivity index (χ0n) is 13.6. The molecule has 2 rings (SSSR count). The summed E-state index contributed by atoms with van der Waals surface area (Å²) in [4.78, 5) is 2.77. The van der Waals surface area contributed by atoms with E-state index in [1.807, 2.05) is 0 Å². The van der Waals surface area contributed by atoms with Crippen LogP contribution >= 0.6 is 0 Å². The van der Waals surface area contributed by atoms with Crippen LogP contribution < -0.4 is 9.66 Å². The molecule has 0 heterocycles. The fourth-order valence-corrected chi connectivity index (χ4v) is 4.48. The first-order valence-corrected chi connectivity index (χ1v) is 10.1. The van der Waals surface area contributed by atoms with Crippen molar-refractivity contribution in [2.75, 3.05) is 0 Å². The Morgan fingerprint density at radius 1 is 0.808 bits per heavy atom. The van der Waals surface area contributed by atoms with Gasteiger partial charge in [-0.15, -0.1) is 9.66 Å². The second-order valence-electron chi connectivity index (χ2n) is 5.50. The van der Waals surface area contributed by atoms with Gasteiger partial charge in [0.1, 0.15) is 0 Å². The molecule has 142 valence electrons. The molecule has 0 aromatic heterocycles. The van der Waals surface area contributed by atoms with Gasteiger partial charge in [0.2, 0.25) is 0 Å². The van der Waals surface area contributed by atoms with Crippen LogP contribution in [0.1, 0.15) is 16.7 Å². The lowest BCUT2D eigenvalue weighted by atomic mass is 10.2. The molecule has 6 nitrogen and oxygen atoms in total. The van der Waals surface area contributed by atoms with Gasteiger partial charge in [0.25, 0.3) is 20.0 Å². The number of aryl methyl sites for hydroxylation is 2. The number of rotatable bonds is 5. The Morgan fingerprint density at radius 3 is 1.88 bits per heavy atom. The maximum absolute atomic E-state index is 12.5. The van der Waals surface area contributed by atoms with E-state index in [0.717, 1.165) is 12.1 Å². The van der Waals surface area contributed by atoms with E-state index < -0.39 is 36.7 Å². The fourth-order valence-electron chi connectivity index (χ4n) is 2.04. The number of hydrogen-bond acceptors (Lipinski definition) is 4. The highest BCUT2D eigenvalue weighted by Gasteiger charge is 2.31. The summed E-state index contributed by atoms with van der Waals surface area (Å²) in [6, 6.07) is 7.27. The van der Waals surface area contributed by atoms with Gasteiger partial charge in [0.05, 0.1) is 15.4 Å². The van der Waals surface area contributed by atoms with Crippen molar-refractivity contribution in [2.45, 2.75) is 29.8 Å². The molecule has 0 spiro atoms. The van der Waals surface area contributed by atoms with Crippen LogP contribution in [-0.2, 0) is 26.2 Å². The van der Waals surface area contributed by atoms with Crippen LogP contribution in [0, 0.1) is 13.8 Å². The summed E-state index contributed by atoms with van der Waals surface area (Å²) in [5, 5.41) is 0. The highest BCUT2D eigenvalue weighted by atomic mass is 32.2. The number of nitrogens with one attached hydrogen (secondary N) is 2. The minimum Gasteiger partial charge on any atom is -0.206 e. The van der Waals surface area contributed by atoms with Crippen molar-refractivity contribution >= 4 is 20.0 Å². The van der Waals surface area contributed by atoms with Crippen LogP contribution in [0.5, 0.6) is 0 Å². The Bertz CT molecular complexity index is 1020. The molecule has 0 bridgehead atoms. The molecular formula is C15H15F3N2O4S2. The smallest absolute Gasteiger partial charge is 0.206 e. The Labute approximate surface area is 149 Å². The average molecular weight is 408 g/mol. The summed E-state index contributed by atoms with van der Waals surface area (Å²) in [6.07, 6.45) is -4.61. The molecule has 2 N–H and O–H groups in total. The molecule has 0 aliphatic rings. The Morgan fingerprint density at radius 2 is 1.35 bits per heavy atom. The van der Waals surface area contributed by atoms with E-state index in [0.29, 0.717) is 23.3 Å². The third-order valence-corrected chi connectivity index (χ3v) is 6.22. The Hall–Kier alpha value is -1.95. The number of sulfonamides is 2. The molecule has 0 atom stereocenters. The number of hydrazine groups is 1. The first-order valence-electron chi connectivity index (χ1n) is 7.11. The molecule has 0 radical (unpaired) electrons. The van der Waals surface area contributed by atoms with Crippen LogP contribution in [0.15, 0.2) is 52.3 Å². The maximum atomic E-state index is 12.5. The van der Waals surface area contributed by atoms with Gasteiger partial charge in [-0.25, -0.2) is 16.8 Å². The molecule has 0 aliphatic heterocycles. The van der Waals surface area contributed by atoms with Gasteiger partial charge in [-0.05, 0) is 55.3 Å². The van der Waals surface area contributed by atoms with Crippen LogP contribution in [0.4, 0.5) is 13.2 Å². The zero-order chi connectivity index (χ0) is 19.8. The standard InChI is InChI=1S/C15H15F3N2O4S2/c1-10-3-4-11(2)14(9-10)26(23,24)20-19-25(21,22)13-7-5-12(6-8-13)15(16,17)18/h3-9,19-20H,1-2H3. The van der Waals surface area contributed by atoms with Crippen molar-refractivity contribution in [2.24, 2.45) is 0 Å². The largest absolute Gasteiger partial charge is 0.416 e. The van der Waals surface area contributed by atoms with Crippen molar-refractivity contribution in [3.63, 3.8) is 0 Å². The quantitative estimate of drug-likeness (QED) is 0.744. The topological polar surface area (TPSA) is 92.3 Å². The van der Waals surface area contributed by atoms with E-state index in [1.165, 1.54) is 6.07 Å². The first kappa shape index (κ1) is 20.4. The third kappa shape index (κ3) is 4.61. The van der Waals surface area contributed by atoms with Gasteiger partial charge >= 0.3 is 6.18 Å². The summed E-state index contributed by atoms with van der Waals surface area (Å²) in [7, 11) is -8.60. The van der Waals surface area contributed by atoms with Crippen molar-refractivity contribution in [1.29, 1.82) is 0 Å². The van der Waals surface area contributed by atoms with Crippen LogP contribution in [0.2, 0.25) is 0 Å². The molecule has 0 saturated heterocycles. The van der Waals surface area contributed by atoms with E-state index >= 15 is 0 Å². The van der Waals surface area contributed by atoms with Gasteiger partial charge in [0, 0.05) is 0 Å². The SMILES string of the molecule is Cc1ccc(C)c(S(=O)(=O)NNS(=O)(=O)c2ccc(C(F)(F)F)cc2)c1.